The third kappa shape index (κ3) is 5.79. The van der Waals surface area contributed by atoms with Crippen LogP contribution in [0.1, 0.15) is 0 Å². The highest BCUT2D eigenvalue weighted by Gasteiger charge is 2.27. The maximum absolute atomic E-state index is 5.12. The van der Waals surface area contributed by atoms with Gasteiger partial charge in [-0.05, 0) is 77.9 Å². The molecule has 2 aromatic heterocycles. The Morgan fingerprint density at radius 1 is 0.333 bits per heavy atom. The van der Waals surface area contributed by atoms with E-state index in [0.717, 1.165) is 56.1 Å². The van der Waals surface area contributed by atoms with Crippen molar-refractivity contribution >= 4 is 50.6 Å². The van der Waals surface area contributed by atoms with Crippen LogP contribution in [-0.4, -0.2) is 14.5 Å². The molecule has 1 aliphatic rings. The standard InChI is InChI=1S/C52H34N4S/c1-3-16-35(17-4-1)42-34-43(36-18-5-2-6-19-36)54-52(53-42)39-21-15-20-37(32-39)38-30-31-45-41(33-38)40-22-7-8-23-44(40)55(45)46-24-9-10-25-47(46)56-48-26-11-13-28-50(48)57-51-29-14-12-27-49(51)56/h1-34H. The molecule has 4 nitrogen and oxygen atoms in total. The summed E-state index contributed by atoms with van der Waals surface area (Å²) in [7, 11) is 0. The molecule has 8 aromatic carbocycles. The number of nitrogens with zero attached hydrogens (tertiary/aromatic N) is 4. The van der Waals surface area contributed by atoms with Gasteiger partial charge >= 0.3 is 0 Å². The molecule has 0 fully saturated rings. The Morgan fingerprint density at radius 3 is 1.53 bits per heavy atom. The number of anilines is 3. The van der Waals surface area contributed by atoms with Crippen LogP contribution in [0.4, 0.5) is 17.1 Å². The van der Waals surface area contributed by atoms with Crippen molar-refractivity contribution in [3.63, 3.8) is 0 Å². The Hall–Kier alpha value is -7.21. The van der Waals surface area contributed by atoms with E-state index in [1.54, 1.807) is 0 Å². The molecule has 11 rings (SSSR count). The highest BCUT2D eigenvalue weighted by Crippen LogP contribution is 2.52. The van der Waals surface area contributed by atoms with Crippen molar-refractivity contribution in [2.75, 3.05) is 4.90 Å². The van der Waals surface area contributed by atoms with E-state index in [2.05, 4.69) is 204 Å². The fraction of sp³-hybridized carbons (Fsp3) is 0. The summed E-state index contributed by atoms with van der Waals surface area (Å²) >= 11 is 1.83. The van der Waals surface area contributed by atoms with Gasteiger partial charge in [0.25, 0.3) is 0 Å². The average molecular weight is 747 g/mol. The zero-order valence-electron chi connectivity index (χ0n) is 30.8. The molecule has 0 saturated heterocycles. The van der Waals surface area contributed by atoms with Crippen molar-refractivity contribution < 1.29 is 0 Å². The number of hydrogen-bond acceptors (Lipinski definition) is 4. The third-order valence-corrected chi connectivity index (χ3v) is 11.9. The molecule has 0 aliphatic carbocycles. The topological polar surface area (TPSA) is 34.0 Å². The average Bonchev–Trinajstić information content (AvgIpc) is 3.62. The van der Waals surface area contributed by atoms with Gasteiger partial charge in [0, 0.05) is 37.3 Å². The van der Waals surface area contributed by atoms with Crippen LogP contribution in [0.25, 0.3) is 72.5 Å². The minimum atomic E-state index is 0.700. The summed E-state index contributed by atoms with van der Waals surface area (Å²) in [5, 5.41) is 2.41. The largest absolute Gasteiger partial charge is 0.307 e. The van der Waals surface area contributed by atoms with E-state index in [0.29, 0.717) is 5.82 Å². The number of hydrogen-bond donors (Lipinski definition) is 0. The van der Waals surface area contributed by atoms with Crippen LogP contribution >= 0.6 is 11.8 Å². The van der Waals surface area contributed by atoms with Crippen LogP contribution in [0, 0.1) is 0 Å². The molecule has 0 N–H and O–H groups in total. The SMILES string of the molecule is c1ccc(-c2cc(-c3ccccc3)nc(-c3cccc(-c4ccc5c(c4)c4ccccc4n5-c4ccccc4N4c5ccccc5Sc5ccccc54)c3)n2)cc1. The van der Waals surface area contributed by atoms with Crippen LogP contribution in [0.15, 0.2) is 216 Å². The number of rotatable bonds is 6. The minimum Gasteiger partial charge on any atom is -0.307 e. The minimum absolute atomic E-state index is 0.700. The van der Waals surface area contributed by atoms with Gasteiger partial charge in [0.15, 0.2) is 5.82 Å². The molecule has 0 saturated carbocycles. The lowest BCUT2D eigenvalue weighted by molar-refractivity contribution is 1.11. The lowest BCUT2D eigenvalue weighted by Crippen LogP contribution is -2.16. The lowest BCUT2D eigenvalue weighted by atomic mass is 10.00. The number of benzene rings is 8. The quantitative estimate of drug-likeness (QED) is 0.170. The smallest absolute Gasteiger partial charge is 0.160 e. The van der Waals surface area contributed by atoms with E-state index >= 15 is 0 Å². The molecule has 268 valence electrons. The van der Waals surface area contributed by atoms with Gasteiger partial charge < -0.3 is 9.47 Å². The Balaban J connectivity index is 1.05. The summed E-state index contributed by atoms with van der Waals surface area (Å²) in [6, 6.07) is 73.2. The van der Waals surface area contributed by atoms with Gasteiger partial charge in [-0.3, -0.25) is 0 Å². The Morgan fingerprint density at radius 2 is 0.842 bits per heavy atom. The van der Waals surface area contributed by atoms with E-state index < -0.39 is 0 Å². The van der Waals surface area contributed by atoms with Crippen LogP contribution in [0.3, 0.4) is 0 Å². The first kappa shape index (κ1) is 33.2. The van der Waals surface area contributed by atoms with E-state index in [-0.39, 0.29) is 0 Å². The van der Waals surface area contributed by atoms with E-state index in [4.69, 9.17) is 9.97 Å². The Labute approximate surface area is 335 Å². The van der Waals surface area contributed by atoms with Gasteiger partial charge in [-0.25, -0.2) is 9.97 Å². The highest BCUT2D eigenvalue weighted by atomic mass is 32.2. The highest BCUT2D eigenvalue weighted by molar-refractivity contribution is 7.99. The molecule has 0 unspecified atom stereocenters. The molecular formula is C52H34N4S. The van der Waals surface area contributed by atoms with Crippen molar-refractivity contribution in [2.45, 2.75) is 9.79 Å². The summed E-state index contributed by atoms with van der Waals surface area (Å²) < 4.78 is 2.43. The van der Waals surface area contributed by atoms with Crippen LogP contribution in [-0.2, 0) is 0 Å². The number of aromatic nitrogens is 3. The fourth-order valence-electron chi connectivity index (χ4n) is 8.15. The van der Waals surface area contributed by atoms with Gasteiger partial charge in [0.05, 0.1) is 45.2 Å². The monoisotopic (exact) mass is 746 g/mol. The summed E-state index contributed by atoms with van der Waals surface area (Å²) in [6.45, 7) is 0. The number of para-hydroxylation sites is 5. The Kier molecular flexibility index (Phi) is 8.04. The van der Waals surface area contributed by atoms with Crippen molar-refractivity contribution in [3.8, 4) is 50.7 Å². The first-order valence-electron chi connectivity index (χ1n) is 19.2. The van der Waals surface area contributed by atoms with Crippen LogP contribution in [0.2, 0.25) is 0 Å². The third-order valence-electron chi connectivity index (χ3n) is 10.8. The molecular weight excluding hydrogens is 713 g/mol. The van der Waals surface area contributed by atoms with Gasteiger partial charge in [0.2, 0.25) is 0 Å². The zero-order chi connectivity index (χ0) is 37.7. The molecule has 0 amide bonds. The molecule has 0 spiro atoms. The van der Waals surface area contributed by atoms with Crippen molar-refractivity contribution in [1.82, 2.24) is 14.5 Å². The molecule has 10 aromatic rings. The van der Waals surface area contributed by atoms with Crippen molar-refractivity contribution in [1.29, 1.82) is 0 Å². The zero-order valence-corrected chi connectivity index (χ0v) is 31.6. The molecule has 0 bridgehead atoms. The normalized spacial score (nSPS) is 12.1. The fourth-order valence-corrected chi connectivity index (χ4v) is 9.20. The van der Waals surface area contributed by atoms with E-state index in [1.807, 2.05) is 23.9 Å². The summed E-state index contributed by atoms with van der Waals surface area (Å²) in [5.41, 5.74) is 14.1. The summed E-state index contributed by atoms with van der Waals surface area (Å²) in [6.07, 6.45) is 0. The van der Waals surface area contributed by atoms with E-state index in [9.17, 15) is 0 Å². The van der Waals surface area contributed by atoms with Gasteiger partial charge in [-0.15, -0.1) is 0 Å². The maximum Gasteiger partial charge on any atom is 0.160 e. The first-order chi connectivity index (χ1) is 28.3. The molecule has 0 radical (unpaired) electrons. The molecule has 57 heavy (non-hydrogen) atoms. The van der Waals surface area contributed by atoms with Gasteiger partial charge in [-0.1, -0.05) is 151 Å². The predicted molar refractivity (Wildman–Crippen MR) is 237 cm³/mol. The molecule has 5 heteroatoms. The predicted octanol–water partition coefficient (Wildman–Crippen LogP) is 14.2. The number of fused-ring (bicyclic) bond motifs is 5. The Bertz CT molecular complexity index is 3010. The maximum atomic E-state index is 5.12. The van der Waals surface area contributed by atoms with Crippen LogP contribution < -0.4 is 4.90 Å². The van der Waals surface area contributed by atoms with Gasteiger partial charge in [0.1, 0.15) is 0 Å². The second-order valence-electron chi connectivity index (χ2n) is 14.2. The molecule has 3 heterocycles. The van der Waals surface area contributed by atoms with E-state index in [1.165, 1.54) is 37.5 Å². The molecule has 0 atom stereocenters. The first-order valence-corrected chi connectivity index (χ1v) is 20.0. The second-order valence-corrected chi connectivity index (χ2v) is 15.3. The van der Waals surface area contributed by atoms with Crippen LogP contribution in [0.5, 0.6) is 0 Å². The summed E-state index contributed by atoms with van der Waals surface area (Å²) in [5.74, 6) is 0.700. The van der Waals surface area contributed by atoms with Crippen molar-refractivity contribution in [3.05, 3.63) is 206 Å². The molecule has 1 aliphatic heterocycles. The van der Waals surface area contributed by atoms with Gasteiger partial charge in [-0.2, -0.15) is 0 Å². The second kappa shape index (κ2) is 13.8. The lowest BCUT2D eigenvalue weighted by Gasteiger charge is -2.34. The summed E-state index contributed by atoms with van der Waals surface area (Å²) in [4.78, 5) is 15.1. The van der Waals surface area contributed by atoms with Crippen molar-refractivity contribution in [2.24, 2.45) is 0 Å².